The molecule has 0 aromatic carbocycles. The largest absolute Gasteiger partial charge is 0.388 e. The number of amides is 1. The lowest BCUT2D eigenvalue weighted by Crippen LogP contribution is -2.41. The van der Waals surface area contributed by atoms with Crippen molar-refractivity contribution >= 4 is 11.6 Å². The molecule has 0 radical (unpaired) electrons. The predicted octanol–water partition coefficient (Wildman–Crippen LogP) is 0.451. The minimum absolute atomic E-state index is 0.0359. The summed E-state index contributed by atoms with van der Waals surface area (Å²) in [4.78, 5) is 22.0. The fraction of sp³-hybridized carbons (Fsp3) is 0.583. The molecule has 1 unspecified atom stereocenters. The lowest BCUT2D eigenvalue weighted by atomic mass is 10.0. The van der Waals surface area contributed by atoms with Crippen molar-refractivity contribution in [3.63, 3.8) is 0 Å². The number of carbonyl (C=O) groups is 1. The van der Waals surface area contributed by atoms with E-state index in [1.54, 1.807) is 14.0 Å². The summed E-state index contributed by atoms with van der Waals surface area (Å²) in [6.45, 7) is 1.99. The molecule has 8 nitrogen and oxygen atoms in total. The molecule has 1 heterocycles. The number of carbonyl (C=O) groups excluding carboxylic acids is 1. The van der Waals surface area contributed by atoms with Crippen LogP contribution in [-0.4, -0.2) is 46.4 Å². The molecule has 1 aromatic rings. The molecule has 8 heteroatoms. The van der Waals surface area contributed by atoms with E-state index in [9.17, 15) is 20.0 Å². The van der Waals surface area contributed by atoms with E-state index in [0.29, 0.717) is 13.0 Å². The Labute approximate surface area is 116 Å². The molecular weight excluding hydrogens is 266 g/mol. The monoisotopic (exact) mass is 285 g/mol. The van der Waals surface area contributed by atoms with Gasteiger partial charge in [0.05, 0.1) is 16.7 Å². The molecule has 0 spiro atoms. The first kappa shape index (κ1) is 16.1. The molecule has 0 fully saturated rings. The summed E-state index contributed by atoms with van der Waals surface area (Å²) in [5, 5.41) is 23.2. The van der Waals surface area contributed by atoms with Gasteiger partial charge in [-0.15, -0.1) is 0 Å². The molecule has 112 valence electrons. The standard InChI is InChI=1S/C12H19N3O5/c1-12(17,4-5-20-3)8-13-11(16)10-6-9(15(18)19)7-14(10)2/h6-7,17H,4-5,8H2,1-3H3,(H,13,16). The Morgan fingerprint density at radius 1 is 1.65 bits per heavy atom. The molecule has 1 atom stereocenters. The number of aliphatic hydroxyl groups is 1. The highest BCUT2D eigenvalue weighted by Crippen LogP contribution is 2.15. The van der Waals surface area contributed by atoms with Crippen molar-refractivity contribution in [3.8, 4) is 0 Å². The Kier molecular flexibility index (Phi) is 5.23. The highest BCUT2D eigenvalue weighted by molar-refractivity contribution is 5.93. The Bertz CT molecular complexity index is 495. The van der Waals surface area contributed by atoms with Gasteiger partial charge in [-0.3, -0.25) is 14.9 Å². The number of aryl methyl sites for hydroxylation is 1. The number of aromatic nitrogens is 1. The molecule has 0 saturated heterocycles. The first-order valence-corrected chi connectivity index (χ1v) is 6.07. The van der Waals surface area contributed by atoms with Crippen LogP contribution in [0.25, 0.3) is 0 Å². The summed E-state index contributed by atoms with van der Waals surface area (Å²) >= 11 is 0. The number of hydrogen-bond acceptors (Lipinski definition) is 5. The third-order valence-electron chi connectivity index (χ3n) is 2.91. The minimum Gasteiger partial charge on any atom is -0.388 e. The van der Waals surface area contributed by atoms with E-state index in [1.165, 1.54) is 23.9 Å². The normalized spacial score (nSPS) is 13.8. The van der Waals surface area contributed by atoms with Crippen LogP contribution in [0, 0.1) is 10.1 Å². The topological polar surface area (TPSA) is 107 Å². The van der Waals surface area contributed by atoms with Crippen LogP contribution >= 0.6 is 0 Å². The summed E-state index contributed by atoms with van der Waals surface area (Å²) in [7, 11) is 3.07. The van der Waals surface area contributed by atoms with E-state index in [2.05, 4.69) is 5.32 Å². The molecule has 1 amide bonds. The van der Waals surface area contributed by atoms with E-state index in [1.807, 2.05) is 0 Å². The second kappa shape index (κ2) is 6.49. The number of nitrogens with zero attached hydrogens (tertiary/aromatic N) is 2. The average molecular weight is 285 g/mol. The van der Waals surface area contributed by atoms with Crippen molar-refractivity contribution < 1.29 is 19.6 Å². The maximum absolute atomic E-state index is 11.9. The molecule has 0 aliphatic heterocycles. The van der Waals surface area contributed by atoms with E-state index in [0.717, 1.165) is 0 Å². The van der Waals surface area contributed by atoms with Gasteiger partial charge in [0.15, 0.2) is 0 Å². The van der Waals surface area contributed by atoms with Gasteiger partial charge < -0.3 is 19.7 Å². The highest BCUT2D eigenvalue weighted by atomic mass is 16.6. The number of methoxy groups -OCH3 is 1. The van der Waals surface area contributed by atoms with Gasteiger partial charge in [0, 0.05) is 39.8 Å². The van der Waals surface area contributed by atoms with E-state index >= 15 is 0 Å². The first-order valence-electron chi connectivity index (χ1n) is 6.07. The number of nitrogens with one attached hydrogen (secondary N) is 1. The summed E-state index contributed by atoms with van der Waals surface area (Å²) in [6, 6.07) is 1.19. The maximum atomic E-state index is 11.9. The van der Waals surface area contributed by atoms with Crippen molar-refractivity contribution in [2.24, 2.45) is 7.05 Å². The zero-order valence-corrected chi connectivity index (χ0v) is 11.8. The molecule has 1 aromatic heterocycles. The summed E-state index contributed by atoms with van der Waals surface area (Å²) in [6.07, 6.45) is 1.63. The number of ether oxygens (including phenoxy) is 1. The molecule has 1 rings (SSSR count). The first-order chi connectivity index (χ1) is 9.26. The van der Waals surface area contributed by atoms with E-state index in [4.69, 9.17) is 4.74 Å². The third kappa shape index (κ3) is 4.32. The van der Waals surface area contributed by atoms with Crippen molar-refractivity contribution in [1.82, 2.24) is 9.88 Å². The fourth-order valence-electron chi connectivity index (χ4n) is 1.64. The second-order valence-corrected chi connectivity index (χ2v) is 4.87. The number of hydrogen-bond donors (Lipinski definition) is 2. The van der Waals surface area contributed by atoms with Gasteiger partial charge >= 0.3 is 0 Å². The van der Waals surface area contributed by atoms with Crippen LogP contribution in [0.15, 0.2) is 12.3 Å². The highest BCUT2D eigenvalue weighted by Gasteiger charge is 2.23. The van der Waals surface area contributed by atoms with E-state index in [-0.39, 0.29) is 17.9 Å². The van der Waals surface area contributed by atoms with E-state index < -0.39 is 16.4 Å². The van der Waals surface area contributed by atoms with Crippen LogP contribution in [0.3, 0.4) is 0 Å². The second-order valence-electron chi connectivity index (χ2n) is 4.87. The van der Waals surface area contributed by atoms with Gasteiger partial charge in [0.25, 0.3) is 11.6 Å². The summed E-state index contributed by atoms with van der Waals surface area (Å²) in [5.41, 5.74) is -1.08. The van der Waals surface area contributed by atoms with Crippen LogP contribution in [0.2, 0.25) is 0 Å². The SMILES string of the molecule is COCCC(C)(O)CNC(=O)c1cc([N+](=O)[O-])cn1C. The van der Waals surface area contributed by atoms with Gasteiger partial charge in [-0.2, -0.15) is 0 Å². The summed E-state index contributed by atoms with van der Waals surface area (Å²) in [5.74, 6) is -0.474. The summed E-state index contributed by atoms with van der Waals surface area (Å²) < 4.78 is 6.24. The Morgan fingerprint density at radius 3 is 2.80 bits per heavy atom. The molecule has 20 heavy (non-hydrogen) atoms. The third-order valence-corrected chi connectivity index (χ3v) is 2.91. The van der Waals surface area contributed by atoms with Crippen LogP contribution in [0.5, 0.6) is 0 Å². The quantitative estimate of drug-likeness (QED) is 0.559. The Hall–Kier alpha value is -1.93. The van der Waals surface area contributed by atoms with Gasteiger partial charge in [-0.25, -0.2) is 0 Å². The van der Waals surface area contributed by atoms with Crippen molar-refractivity contribution in [1.29, 1.82) is 0 Å². The molecule has 0 aliphatic carbocycles. The molecule has 0 saturated carbocycles. The molecular formula is C12H19N3O5. The van der Waals surface area contributed by atoms with Crippen molar-refractivity contribution in [3.05, 3.63) is 28.1 Å². The van der Waals surface area contributed by atoms with Crippen molar-refractivity contribution in [2.75, 3.05) is 20.3 Å². The number of nitro groups is 1. The zero-order chi connectivity index (χ0) is 15.3. The Balaban J connectivity index is 2.65. The lowest BCUT2D eigenvalue weighted by Gasteiger charge is -2.23. The zero-order valence-electron chi connectivity index (χ0n) is 11.8. The molecule has 0 bridgehead atoms. The van der Waals surface area contributed by atoms with Crippen LogP contribution in [0.4, 0.5) is 5.69 Å². The smallest absolute Gasteiger partial charge is 0.287 e. The maximum Gasteiger partial charge on any atom is 0.287 e. The van der Waals surface area contributed by atoms with Gasteiger partial charge in [0.1, 0.15) is 5.69 Å². The van der Waals surface area contributed by atoms with Crippen LogP contribution in [0.1, 0.15) is 23.8 Å². The number of rotatable bonds is 7. The van der Waals surface area contributed by atoms with Crippen molar-refractivity contribution in [2.45, 2.75) is 18.9 Å². The fourth-order valence-corrected chi connectivity index (χ4v) is 1.64. The molecule has 2 N–H and O–H groups in total. The van der Waals surface area contributed by atoms with Crippen LogP contribution in [-0.2, 0) is 11.8 Å². The van der Waals surface area contributed by atoms with Gasteiger partial charge in [-0.05, 0) is 6.92 Å². The average Bonchev–Trinajstić information content (AvgIpc) is 2.76. The lowest BCUT2D eigenvalue weighted by molar-refractivity contribution is -0.384. The molecule has 0 aliphatic rings. The van der Waals surface area contributed by atoms with Crippen LogP contribution < -0.4 is 5.32 Å². The van der Waals surface area contributed by atoms with Gasteiger partial charge in [-0.1, -0.05) is 0 Å². The Morgan fingerprint density at radius 2 is 2.30 bits per heavy atom. The van der Waals surface area contributed by atoms with Gasteiger partial charge in [0.2, 0.25) is 0 Å². The minimum atomic E-state index is -1.09. The predicted molar refractivity (Wildman–Crippen MR) is 71.5 cm³/mol.